The third-order valence-electron chi connectivity index (χ3n) is 3.34. The SMILES string of the molecule is CC[C@@H](OS(C)(=O)=O)/C(=C\c1ccccc1)Sc1ccc(C)cc1. The maximum absolute atomic E-state index is 11.6. The van der Waals surface area contributed by atoms with Gasteiger partial charge in [0.05, 0.1) is 6.26 Å². The van der Waals surface area contributed by atoms with Crippen molar-refractivity contribution in [2.45, 2.75) is 31.3 Å². The molecule has 2 aromatic carbocycles. The molecule has 0 unspecified atom stereocenters. The van der Waals surface area contributed by atoms with E-state index in [1.54, 1.807) is 0 Å². The van der Waals surface area contributed by atoms with Crippen LogP contribution < -0.4 is 0 Å². The largest absolute Gasteiger partial charge is 0.264 e. The molecular formula is C19H22O3S2. The molecule has 3 nitrogen and oxygen atoms in total. The van der Waals surface area contributed by atoms with Gasteiger partial charge in [0, 0.05) is 9.80 Å². The molecule has 5 heteroatoms. The van der Waals surface area contributed by atoms with Gasteiger partial charge in [0.1, 0.15) is 6.10 Å². The maximum atomic E-state index is 11.6. The Morgan fingerprint density at radius 1 is 1.12 bits per heavy atom. The van der Waals surface area contributed by atoms with E-state index in [4.69, 9.17) is 4.18 Å². The maximum Gasteiger partial charge on any atom is 0.264 e. The van der Waals surface area contributed by atoms with Crippen molar-refractivity contribution in [3.05, 3.63) is 70.6 Å². The van der Waals surface area contributed by atoms with Crippen LogP contribution in [0.5, 0.6) is 0 Å². The van der Waals surface area contributed by atoms with Crippen molar-refractivity contribution in [1.82, 2.24) is 0 Å². The van der Waals surface area contributed by atoms with E-state index < -0.39 is 16.2 Å². The fourth-order valence-corrected chi connectivity index (χ4v) is 3.98. The predicted octanol–water partition coefficient (Wildman–Crippen LogP) is 4.88. The molecule has 1 atom stereocenters. The van der Waals surface area contributed by atoms with Crippen LogP contribution in [0, 0.1) is 6.92 Å². The number of benzene rings is 2. The summed E-state index contributed by atoms with van der Waals surface area (Å²) in [6, 6.07) is 18.0. The second-order valence-electron chi connectivity index (χ2n) is 5.57. The minimum absolute atomic E-state index is 0.494. The van der Waals surface area contributed by atoms with E-state index >= 15 is 0 Å². The van der Waals surface area contributed by atoms with Crippen molar-refractivity contribution >= 4 is 28.0 Å². The minimum atomic E-state index is -3.53. The molecule has 2 aromatic rings. The van der Waals surface area contributed by atoms with Gasteiger partial charge in [-0.1, -0.05) is 66.7 Å². The Hall–Kier alpha value is -1.56. The molecular weight excluding hydrogens is 340 g/mol. The molecule has 0 aliphatic carbocycles. The number of aryl methyl sites for hydroxylation is 1. The van der Waals surface area contributed by atoms with E-state index in [2.05, 4.69) is 0 Å². The zero-order chi connectivity index (χ0) is 17.6. The Morgan fingerprint density at radius 2 is 1.75 bits per heavy atom. The van der Waals surface area contributed by atoms with Crippen LogP contribution in [0.3, 0.4) is 0 Å². The summed E-state index contributed by atoms with van der Waals surface area (Å²) < 4.78 is 28.5. The van der Waals surface area contributed by atoms with Crippen LogP contribution >= 0.6 is 11.8 Å². The summed E-state index contributed by atoms with van der Waals surface area (Å²) >= 11 is 1.54. The Labute approximate surface area is 148 Å². The molecule has 24 heavy (non-hydrogen) atoms. The lowest BCUT2D eigenvalue weighted by Gasteiger charge is -2.18. The van der Waals surface area contributed by atoms with Crippen LogP contribution in [0.25, 0.3) is 6.08 Å². The van der Waals surface area contributed by atoms with E-state index in [9.17, 15) is 8.42 Å². The van der Waals surface area contributed by atoms with E-state index in [0.717, 1.165) is 21.6 Å². The van der Waals surface area contributed by atoms with Gasteiger partial charge in [-0.05, 0) is 37.1 Å². The first-order chi connectivity index (χ1) is 11.4. The molecule has 0 heterocycles. The van der Waals surface area contributed by atoms with Crippen molar-refractivity contribution in [2.24, 2.45) is 0 Å². The van der Waals surface area contributed by atoms with Crippen LogP contribution in [0.15, 0.2) is 64.4 Å². The van der Waals surface area contributed by atoms with Gasteiger partial charge in [-0.15, -0.1) is 0 Å². The van der Waals surface area contributed by atoms with Gasteiger partial charge in [0.15, 0.2) is 0 Å². The van der Waals surface area contributed by atoms with Crippen LogP contribution in [0.4, 0.5) is 0 Å². The average Bonchev–Trinajstić information content (AvgIpc) is 2.54. The van der Waals surface area contributed by atoms with Crippen molar-refractivity contribution in [1.29, 1.82) is 0 Å². The summed E-state index contributed by atoms with van der Waals surface area (Å²) in [4.78, 5) is 1.93. The predicted molar refractivity (Wildman–Crippen MR) is 101 cm³/mol. The third kappa shape index (κ3) is 6.15. The number of hydrogen-bond donors (Lipinski definition) is 0. The summed E-state index contributed by atoms with van der Waals surface area (Å²) in [5.74, 6) is 0. The molecule has 0 bridgehead atoms. The normalized spacial score (nSPS) is 13.7. The molecule has 2 rings (SSSR count). The molecule has 0 amide bonds. The second kappa shape index (κ2) is 8.51. The summed E-state index contributed by atoms with van der Waals surface area (Å²) in [5, 5.41) is 0. The van der Waals surface area contributed by atoms with Gasteiger partial charge in [-0.3, -0.25) is 4.18 Å². The zero-order valence-electron chi connectivity index (χ0n) is 14.1. The van der Waals surface area contributed by atoms with Gasteiger partial charge in [-0.25, -0.2) is 0 Å². The van der Waals surface area contributed by atoms with Crippen molar-refractivity contribution in [2.75, 3.05) is 6.26 Å². The fourth-order valence-electron chi connectivity index (χ4n) is 2.17. The number of hydrogen-bond acceptors (Lipinski definition) is 4. The lowest BCUT2D eigenvalue weighted by molar-refractivity contribution is 0.251. The Bertz CT molecular complexity index is 779. The number of thioether (sulfide) groups is 1. The highest BCUT2D eigenvalue weighted by Gasteiger charge is 2.19. The summed E-state index contributed by atoms with van der Waals surface area (Å²) in [7, 11) is -3.53. The topological polar surface area (TPSA) is 43.4 Å². The summed E-state index contributed by atoms with van der Waals surface area (Å²) in [6.07, 6.45) is 3.16. The standard InChI is InChI=1S/C19H22O3S2/c1-4-18(22-24(3,20)21)19(14-16-8-6-5-7-9-16)23-17-12-10-15(2)11-13-17/h5-14,18H,4H2,1-3H3/b19-14+/t18-/m1/s1. The molecule has 0 radical (unpaired) electrons. The molecule has 0 saturated carbocycles. The fraction of sp³-hybridized carbons (Fsp3) is 0.263. The average molecular weight is 363 g/mol. The van der Waals surface area contributed by atoms with Crippen LogP contribution in [-0.2, 0) is 14.3 Å². The Kier molecular flexibility index (Phi) is 6.66. The number of rotatable bonds is 7. The highest BCUT2D eigenvalue weighted by Crippen LogP contribution is 2.33. The second-order valence-corrected chi connectivity index (χ2v) is 8.32. The van der Waals surface area contributed by atoms with Crippen molar-refractivity contribution in [3.63, 3.8) is 0 Å². The van der Waals surface area contributed by atoms with E-state index in [-0.39, 0.29) is 0 Å². The molecule has 0 aliphatic rings. The smallest absolute Gasteiger partial charge is 0.262 e. The van der Waals surface area contributed by atoms with Crippen molar-refractivity contribution in [3.8, 4) is 0 Å². The first-order valence-electron chi connectivity index (χ1n) is 7.77. The summed E-state index contributed by atoms with van der Waals surface area (Å²) in [6.45, 7) is 3.96. The highest BCUT2D eigenvalue weighted by molar-refractivity contribution is 8.03. The first kappa shape index (κ1) is 18.8. The van der Waals surface area contributed by atoms with Crippen LogP contribution in [0.1, 0.15) is 24.5 Å². The van der Waals surface area contributed by atoms with Crippen LogP contribution in [0.2, 0.25) is 0 Å². The van der Waals surface area contributed by atoms with E-state index in [0.29, 0.717) is 6.42 Å². The Morgan fingerprint density at radius 3 is 2.29 bits per heavy atom. The molecule has 128 valence electrons. The van der Waals surface area contributed by atoms with Gasteiger partial charge in [0.25, 0.3) is 10.1 Å². The molecule has 0 saturated heterocycles. The third-order valence-corrected chi connectivity index (χ3v) is 5.05. The van der Waals surface area contributed by atoms with Crippen LogP contribution in [-0.4, -0.2) is 20.8 Å². The van der Waals surface area contributed by atoms with E-state index in [1.807, 2.05) is 74.5 Å². The van der Waals surface area contributed by atoms with Gasteiger partial charge < -0.3 is 0 Å². The highest BCUT2D eigenvalue weighted by atomic mass is 32.2. The lowest BCUT2D eigenvalue weighted by Crippen LogP contribution is -2.18. The van der Waals surface area contributed by atoms with E-state index in [1.165, 1.54) is 17.3 Å². The quantitative estimate of drug-likeness (QED) is 0.520. The van der Waals surface area contributed by atoms with Crippen molar-refractivity contribution < 1.29 is 12.6 Å². The minimum Gasteiger partial charge on any atom is -0.262 e. The molecule has 0 aromatic heterocycles. The van der Waals surface area contributed by atoms with Gasteiger partial charge in [0.2, 0.25) is 0 Å². The van der Waals surface area contributed by atoms with Gasteiger partial charge >= 0.3 is 0 Å². The first-order valence-corrected chi connectivity index (χ1v) is 10.4. The molecule has 0 N–H and O–H groups in total. The molecule has 0 aliphatic heterocycles. The lowest BCUT2D eigenvalue weighted by atomic mass is 10.1. The summed E-state index contributed by atoms with van der Waals surface area (Å²) in [5.41, 5.74) is 2.20. The Balaban J connectivity index is 2.36. The molecule has 0 fully saturated rings. The monoisotopic (exact) mass is 362 g/mol. The molecule has 0 spiro atoms. The van der Waals surface area contributed by atoms with Gasteiger partial charge in [-0.2, -0.15) is 8.42 Å². The zero-order valence-corrected chi connectivity index (χ0v) is 15.7.